The molecule has 1 unspecified atom stereocenters. The van der Waals surface area contributed by atoms with Crippen LogP contribution in [0.25, 0.3) is 0 Å². The van der Waals surface area contributed by atoms with Crippen LogP contribution in [0.3, 0.4) is 0 Å². The third-order valence-corrected chi connectivity index (χ3v) is 6.47. The van der Waals surface area contributed by atoms with Crippen molar-refractivity contribution < 1.29 is 18.4 Å². The predicted octanol–water partition coefficient (Wildman–Crippen LogP) is 1.93. The maximum Gasteiger partial charge on any atom is 0.265 e. The van der Waals surface area contributed by atoms with Crippen molar-refractivity contribution in [3.63, 3.8) is 0 Å². The zero-order chi connectivity index (χ0) is 19.7. The summed E-state index contributed by atoms with van der Waals surface area (Å²) in [4.78, 5) is 14.1. The van der Waals surface area contributed by atoms with E-state index in [4.69, 9.17) is 5.21 Å². The van der Waals surface area contributed by atoms with Gasteiger partial charge in [0, 0.05) is 26.2 Å². The highest BCUT2D eigenvalue weighted by Crippen LogP contribution is 2.23. The van der Waals surface area contributed by atoms with E-state index in [1.165, 1.54) is 4.31 Å². The third kappa shape index (κ3) is 6.14. The van der Waals surface area contributed by atoms with Crippen LogP contribution in [-0.2, 0) is 14.8 Å². The van der Waals surface area contributed by atoms with Crippen LogP contribution in [0.4, 0.5) is 0 Å². The first-order chi connectivity index (χ1) is 13.0. The summed E-state index contributed by atoms with van der Waals surface area (Å²) in [6.45, 7) is 3.60. The number of hydrogen-bond acceptors (Lipinski definition) is 5. The van der Waals surface area contributed by atoms with Crippen LogP contribution >= 0.6 is 0 Å². The summed E-state index contributed by atoms with van der Waals surface area (Å²) in [5, 5.41) is 9.10. The Balaban J connectivity index is 1.98. The van der Waals surface area contributed by atoms with Crippen molar-refractivity contribution in [1.29, 1.82) is 0 Å². The van der Waals surface area contributed by atoms with Gasteiger partial charge in [-0.05, 0) is 12.0 Å². The maximum absolute atomic E-state index is 12.5. The molecule has 1 aromatic carbocycles. The monoisotopic (exact) mass is 395 g/mol. The number of benzene rings is 1. The fourth-order valence-electron chi connectivity index (χ4n) is 3.20. The third-order valence-electron chi connectivity index (χ3n) is 4.70. The number of carbonyl (C=O) groups excluding carboxylic acids is 1. The van der Waals surface area contributed by atoms with Crippen molar-refractivity contribution in [2.45, 2.75) is 32.2 Å². The molecule has 0 aromatic heterocycles. The van der Waals surface area contributed by atoms with Crippen LogP contribution in [0.2, 0.25) is 0 Å². The lowest BCUT2D eigenvalue weighted by Gasteiger charge is -2.37. The number of allylic oxidation sites excluding steroid dienone is 1. The number of amides is 1. The van der Waals surface area contributed by atoms with Gasteiger partial charge in [-0.15, -0.1) is 0 Å². The average molecular weight is 396 g/mol. The molecule has 2 N–H and O–H groups in total. The number of unbranched alkanes of at least 4 members (excludes halogenated alkanes) is 2. The van der Waals surface area contributed by atoms with Gasteiger partial charge in [-0.1, -0.05) is 62.2 Å². The van der Waals surface area contributed by atoms with Gasteiger partial charge in [-0.3, -0.25) is 14.9 Å². The minimum Gasteiger partial charge on any atom is -0.289 e. The molecule has 150 valence electrons. The van der Waals surface area contributed by atoms with E-state index in [9.17, 15) is 13.2 Å². The molecule has 1 atom stereocenters. The molecule has 1 fully saturated rings. The van der Waals surface area contributed by atoms with Gasteiger partial charge in [0.05, 0.1) is 5.75 Å². The molecular formula is C19H29N3O4S. The molecule has 1 amide bonds. The summed E-state index contributed by atoms with van der Waals surface area (Å²) in [6.07, 6.45) is 6.69. The minimum atomic E-state index is -3.34. The largest absolute Gasteiger partial charge is 0.289 e. The summed E-state index contributed by atoms with van der Waals surface area (Å²) in [5.74, 6) is -0.507. The Hall–Kier alpha value is -1.74. The van der Waals surface area contributed by atoms with Crippen molar-refractivity contribution in [3.8, 4) is 0 Å². The van der Waals surface area contributed by atoms with E-state index >= 15 is 0 Å². The number of piperazine rings is 1. The van der Waals surface area contributed by atoms with E-state index in [0.717, 1.165) is 24.8 Å². The highest BCUT2D eigenvalue weighted by molar-refractivity contribution is 7.89. The van der Waals surface area contributed by atoms with Crippen LogP contribution in [0.1, 0.15) is 37.8 Å². The van der Waals surface area contributed by atoms with Crippen molar-refractivity contribution in [2.75, 3.05) is 31.9 Å². The van der Waals surface area contributed by atoms with Crippen LogP contribution < -0.4 is 5.48 Å². The Kier molecular flexibility index (Phi) is 8.43. The molecule has 0 aliphatic carbocycles. The van der Waals surface area contributed by atoms with Crippen molar-refractivity contribution >= 4 is 15.9 Å². The standard InChI is InChI=1S/C19H29N3O4S/c1-2-3-4-5-9-16-27(25,26)22-14-12-21(13-15-22)18(19(23)20-24)17-10-7-6-8-11-17/h5-11,18,24H,2-4,12-16H2,1H3,(H,20,23). The highest BCUT2D eigenvalue weighted by atomic mass is 32.2. The summed E-state index contributed by atoms with van der Waals surface area (Å²) < 4.78 is 26.5. The van der Waals surface area contributed by atoms with E-state index in [1.807, 2.05) is 41.3 Å². The smallest absolute Gasteiger partial charge is 0.265 e. The van der Waals surface area contributed by atoms with Crippen LogP contribution in [0.5, 0.6) is 0 Å². The average Bonchev–Trinajstić information content (AvgIpc) is 2.69. The molecule has 7 nitrogen and oxygen atoms in total. The first kappa shape index (κ1) is 21.6. The summed E-state index contributed by atoms with van der Waals surface area (Å²) in [7, 11) is -3.34. The summed E-state index contributed by atoms with van der Waals surface area (Å²) >= 11 is 0. The molecule has 0 radical (unpaired) electrons. The number of carbonyl (C=O) groups is 1. The molecule has 1 heterocycles. The second-order valence-corrected chi connectivity index (χ2v) is 8.63. The van der Waals surface area contributed by atoms with E-state index in [0.29, 0.717) is 26.2 Å². The Bertz CT molecular complexity index is 714. The lowest BCUT2D eigenvalue weighted by Crippen LogP contribution is -2.52. The zero-order valence-electron chi connectivity index (χ0n) is 15.8. The van der Waals surface area contributed by atoms with Gasteiger partial charge in [-0.2, -0.15) is 4.31 Å². The van der Waals surface area contributed by atoms with Gasteiger partial charge in [0.2, 0.25) is 10.0 Å². The molecule has 2 rings (SSSR count). The van der Waals surface area contributed by atoms with Crippen LogP contribution in [0, 0.1) is 0 Å². The topological polar surface area (TPSA) is 90.0 Å². The van der Waals surface area contributed by atoms with Crippen LogP contribution in [-0.4, -0.2) is 60.7 Å². The Morgan fingerprint density at radius 2 is 1.85 bits per heavy atom. The van der Waals surface area contributed by atoms with Crippen LogP contribution in [0.15, 0.2) is 42.5 Å². The fraction of sp³-hybridized carbons (Fsp3) is 0.526. The van der Waals surface area contributed by atoms with Gasteiger partial charge in [0.1, 0.15) is 6.04 Å². The molecule has 8 heteroatoms. The van der Waals surface area contributed by atoms with E-state index in [-0.39, 0.29) is 5.75 Å². The SMILES string of the molecule is CCCCC=CCS(=O)(=O)N1CCN(C(C(=O)NO)c2ccccc2)CC1. The first-order valence-electron chi connectivity index (χ1n) is 9.35. The highest BCUT2D eigenvalue weighted by Gasteiger charge is 2.33. The first-order valence-corrected chi connectivity index (χ1v) is 11.0. The Morgan fingerprint density at radius 1 is 1.19 bits per heavy atom. The van der Waals surface area contributed by atoms with Crippen molar-refractivity contribution in [3.05, 3.63) is 48.0 Å². The fourth-order valence-corrected chi connectivity index (χ4v) is 4.51. The van der Waals surface area contributed by atoms with Gasteiger partial charge in [0.25, 0.3) is 5.91 Å². The molecule has 0 spiro atoms. The molecule has 1 aliphatic rings. The van der Waals surface area contributed by atoms with Gasteiger partial charge in [0.15, 0.2) is 0 Å². The van der Waals surface area contributed by atoms with Gasteiger partial charge in [-0.25, -0.2) is 13.9 Å². The second-order valence-electron chi connectivity index (χ2n) is 6.62. The van der Waals surface area contributed by atoms with Crippen molar-refractivity contribution in [2.24, 2.45) is 0 Å². The Labute approximate surface area is 161 Å². The second kappa shape index (κ2) is 10.6. The van der Waals surface area contributed by atoms with Gasteiger partial charge < -0.3 is 0 Å². The number of hydroxylamine groups is 1. The molecule has 0 bridgehead atoms. The summed E-state index contributed by atoms with van der Waals surface area (Å²) in [5.41, 5.74) is 2.49. The van der Waals surface area contributed by atoms with Gasteiger partial charge >= 0.3 is 0 Å². The molecule has 1 aliphatic heterocycles. The quantitative estimate of drug-likeness (QED) is 0.289. The molecular weight excluding hydrogens is 366 g/mol. The zero-order valence-corrected chi connectivity index (χ0v) is 16.6. The maximum atomic E-state index is 12.5. The molecule has 1 aromatic rings. The lowest BCUT2D eigenvalue weighted by atomic mass is 10.0. The number of sulfonamides is 1. The predicted molar refractivity (Wildman–Crippen MR) is 105 cm³/mol. The number of nitrogens with zero attached hydrogens (tertiary/aromatic N) is 2. The molecule has 0 saturated carbocycles. The Morgan fingerprint density at radius 3 is 2.44 bits per heavy atom. The number of nitrogens with one attached hydrogen (secondary N) is 1. The number of hydrogen-bond donors (Lipinski definition) is 2. The number of rotatable bonds is 9. The molecule has 1 saturated heterocycles. The van der Waals surface area contributed by atoms with Crippen molar-refractivity contribution in [1.82, 2.24) is 14.7 Å². The minimum absolute atomic E-state index is 0.00988. The van der Waals surface area contributed by atoms with E-state index in [2.05, 4.69) is 6.92 Å². The lowest BCUT2D eigenvalue weighted by molar-refractivity contribution is -0.135. The van der Waals surface area contributed by atoms with E-state index in [1.54, 1.807) is 11.6 Å². The van der Waals surface area contributed by atoms with E-state index < -0.39 is 22.0 Å². The normalized spacial score (nSPS) is 17.9. The summed E-state index contributed by atoms with van der Waals surface area (Å²) in [6, 6.07) is 8.52. The molecule has 27 heavy (non-hydrogen) atoms.